The lowest BCUT2D eigenvalue weighted by molar-refractivity contribution is -0.120. The van der Waals surface area contributed by atoms with Crippen LogP contribution in [-0.4, -0.2) is 30.5 Å². The van der Waals surface area contributed by atoms with Gasteiger partial charge in [0.2, 0.25) is 0 Å². The number of nitrogens with zero attached hydrogens (tertiary/aromatic N) is 1. The number of rotatable bonds is 3. The molecule has 100 valence electrons. The lowest BCUT2D eigenvalue weighted by atomic mass is 10.0. The first kappa shape index (κ1) is 13.1. The Hall–Kier alpha value is -2.30. The van der Waals surface area contributed by atoms with Crippen LogP contribution < -0.4 is 9.64 Å². The molecule has 1 aliphatic rings. The molecule has 0 unspecified atom stereocenters. The Labute approximate surface area is 111 Å². The Morgan fingerprint density at radius 3 is 2.47 bits per heavy atom. The van der Waals surface area contributed by atoms with Crippen LogP contribution in [0.4, 0.5) is 5.69 Å². The first-order valence-electron chi connectivity index (χ1n) is 5.93. The summed E-state index contributed by atoms with van der Waals surface area (Å²) in [5, 5.41) is 9.78. The largest absolute Gasteiger partial charge is 0.503 e. The minimum absolute atomic E-state index is 0.203. The molecule has 0 spiro atoms. The molecule has 0 saturated carbocycles. The molecule has 1 heterocycles. The van der Waals surface area contributed by atoms with E-state index in [2.05, 4.69) is 0 Å². The van der Waals surface area contributed by atoms with E-state index in [4.69, 9.17) is 4.74 Å². The second-order valence-electron chi connectivity index (χ2n) is 4.29. The Morgan fingerprint density at radius 2 is 1.95 bits per heavy atom. The number of benzene rings is 1. The minimum atomic E-state index is -0.540. The molecule has 5 nitrogen and oxygen atoms in total. The number of aliphatic hydroxyl groups excluding tert-OH is 1. The number of aliphatic hydroxyl groups is 1. The van der Waals surface area contributed by atoms with E-state index in [0.29, 0.717) is 24.4 Å². The highest BCUT2D eigenvalue weighted by Gasteiger charge is 2.29. The van der Waals surface area contributed by atoms with Crippen LogP contribution in [0, 0.1) is 0 Å². The van der Waals surface area contributed by atoms with Crippen LogP contribution in [0.25, 0.3) is 0 Å². The van der Waals surface area contributed by atoms with Gasteiger partial charge in [0.15, 0.2) is 11.5 Å². The van der Waals surface area contributed by atoms with Gasteiger partial charge in [-0.2, -0.15) is 0 Å². The molecule has 0 radical (unpaired) electrons. The number of Topliss-reactive ketones (excluding diaryl/α,β-unsaturated/α-hetero) is 1. The van der Waals surface area contributed by atoms with Crippen molar-refractivity contribution in [1.82, 2.24) is 0 Å². The van der Waals surface area contributed by atoms with Gasteiger partial charge in [0.1, 0.15) is 5.75 Å². The van der Waals surface area contributed by atoms with E-state index < -0.39 is 11.7 Å². The lowest BCUT2D eigenvalue weighted by Crippen LogP contribution is -2.38. The van der Waals surface area contributed by atoms with Crippen molar-refractivity contribution in [3.8, 4) is 5.75 Å². The average Bonchev–Trinajstić information content (AvgIpc) is 2.41. The molecule has 0 atom stereocenters. The highest BCUT2D eigenvalue weighted by Crippen LogP contribution is 2.25. The lowest BCUT2D eigenvalue weighted by Gasteiger charge is -2.27. The zero-order chi connectivity index (χ0) is 14.0. The van der Waals surface area contributed by atoms with Crippen LogP contribution in [0.5, 0.6) is 5.75 Å². The van der Waals surface area contributed by atoms with Crippen LogP contribution in [0.15, 0.2) is 35.6 Å². The fraction of sp³-hybridized carbons (Fsp3) is 0.286. The normalized spacial score (nSPS) is 15.7. The highest BCUT2D eigenvalue weighted by atomic mass is 16.5. The molecule has 0 fully saturated rings. The third-order valence-electron chi connectivity index (χ3n) is 3.13. The van der Waals surface area contributed by atoms with Crippen molar-refractivity contribution in [2.75, 3.05) is 18.6 Å². The van der Waals surface area contributed by atoms with Gasteiger partial charge in [0, 0.05) is 17.8 Å². The van der Waals surface area contributed by atoms with Crippen LogP contribution in [-0.2, 0) is 9.59 Å². The van der Waals surface area contributed by atoms with E-state index in [1.807, 2.05) is 0 Å². The second-order valence-corrected chi connectivity index (χ2v) is 4.29. The van der Waals surface area contributed by atoms with Gasteiger partial charge in [-0.25, -0.2) is 0 Å². The number of hydrogen-bond acceptors (Lipinski definition) is 4. The molecule has 1 aromatic rings. The van der Waals surface area contributed by atoms with Crippen molar-refractivity contribution in [2.45, 2.75) is 13.3 Å². The van der Waals surface area contributed by atoms with Gasteiger partial charge >= 0.3 is 0 Å². The fourth-order valence-corrected chi connectivity index (χ4v) is 2.05. The summed E-state index contributed by atoms with van der Waals surface area (Å²) in [5.41, 5.74) is 0.870. The van der Waals surface area contributed by atoms with Crippen molar-refractivity contribution in [3.05, 3.63) is 35.6 Å². The number of ether oxygens (including phenoxy) is 1. The van der Waals surface area contributed by atoms with Crippen molar-refractivity contribution in [1.29, 1.82) is 0 Å². The van der Waals surface area contributed by atoms with Gasteiger partial charge in [0.05, 0.1) is 7.11 Å². The number of amides is 1. The summed E-state index contributed by atoms with van der Waals surface area (Å²) in [6.45, 7) is 1.73. The fourth-order valence-electron chi connectivity index (χ4n) is 2.05. The number of hydrogen-bond donors (Lipinski definition) is 1. The van der Waals surface area contributed by atoms with Gasteiger partial charge in [-0.1, -0.05) is 0 Å². The van der Waals surface area contributed by atoms with Crippen molar-refractivity contribution >= 4 is 17.4 Å². The molecule has 2 rings (SSSR count). The minimum Gasteiger partial charge on any atom is -0.503 e. The molecule has 1 aromatic carbocycles. The highest BCUT2D eigenvalue weighted by molar-refractivity contribution is 6.11. The standard InChI is InChI=1S/C14H15NO4/c1-9(16)12-7-8-15(14(18)13(12)17)10-3-5-11(19-2)6-4-10/h3-6,17H,7-8H2,1-2H3. The first-order valence-corrected chi connectivity index (χ1v) is 5.93. The van der Waals surface area contributed by atoms with Gasteiger partial charge < -0.3 is 14.7 Å². The Morgan fingerprint density at radius 1 is 1.32 bits per heavy atom. The van der Waals surface area contributed by atoms with Crippen LogP contribution in [0.2, 0.25) is 0 Å². The van der Waals surface area contributed by atoms with Crippen molar-refractivity contribution < 1.29 is 19.4 Å². The van der Waals surface area contributed by atoms with Gasteiger partial charge in [0.25, 0.3) is 5.91 Å². The monoisotopic (exact) mass is 261 g/mol. The molecule has 5 heteroatoms. The quantitative estimate of drug-likeness (QED) is 0.901. The van der Waals surface area contributed by atoms with Crippen LogP contribution in [0.3, 0.4) is 0 Å². The van der Waals surface area contributed by atoms with Crippen molar-refractivity contribution in [2.24, 2.45) is 0 Å². The predicted molar refractivity (Wildman–Crippen MR) is 70.3 cm³/mol. The molecule has 0 aliphatic carbocycles. The summed E-state index contributed by atoms with van der Waals surface area (Å²) >= 11 is 0. The summed E-state index contributed by atoms with van der Waals surface area (Å²) in [5.74, 6) is -0.561. The molecule has 0 bridgehead atoms. The molecule has 1 amide bonds. The van der Waals surface area contributed by atoms with Crippen molar-refractivity contribution in [3.63, 3.8) is 0 Å². The van der Waals surface area contributed by atoms with Gasteiger partial charge in [-0.15, -0.1) is 0 Å². The molecule has 0 aromatic heterocycles. The van der Waals surface area contributed by atoms with E-state index in [0.717, 1.165) is 0 Å². The number of carbonyl (C=O) groups excluding carboxylic acids is 2. The number of carbonyl (C=O) groups is 2. The third kappa shape index (κ3) is 2.45. The average molecular weight is 261 g/mol. The zero-order valence-electron chi connectivity index (χ0n) is 10.8. The van der Waals surface area contributed by atoms with Gasteiger partial charge in [-0.3, -0.25) is 9.59 Å². The smallest absolute Gasteiger partial charge is 0.293 e. The van der Waals surface area contributed by atoms with E-state index in [1.54, 1.807) is 31.4 Å². The summed E-state index contributed by atoms with van der Waals surface area (Å²) in [6.07, 6.45) is 0.360. The third-order valence-corrected chi connectivity index (χ3v) is 3.13. The molecule has 19 heavy (non-hydrogen) atoms. The maximum Gasteiger partial charge on any atom is 0.293 e. The Balaban J connectivity index is 2.28. The van der Waals surface area contributed by atoms with E-state index >= 15 is 0 Å². The predicted octanol–water partition coefficient (Wildman–Crippen LogP) is 1.83. The van der Waals surface area contributed by atoms with Crippen LogP contribution in [0.1, 0.15) is 13.3 Å². The summed E-state index contributed by atoms with van der Waals surface area (Å²) in [6, 6.07) is 6.96. The maximum atomic E-state index is 12.0. The van der Waals surface area contributed by atoms with Gasteiger partial charge in [-0.05, 0) is 37.6 Å². The zero-order valence-corrected chi connectivity index (χ0v) is 10.8. The maximum absolute atomic E-state index is 12.0. The second kappa shape index (κ2) is 5.14. The Bertz CT molecular complexity index is 545. The number of anilines is 1. The summed E-state index contributed by atoms with van der Waals surface area (Å²) in [7, 11) is 1.56. The van der Waals surface area contributed by atoms with E-state index in [-0.39, 0.29) is 11.4 Å². The molecule has 0 saturated heterocycles. The topological polar surface area (TPSA) is 66.8 Å². The summed E-state index contributed by atoms with van der Waals surface area (Å²) in [4.78, 5) is 24.8. The van der Waals surface area contributed by atoms with Crippen LogP contribution >= 0.6 is 0 Å². The molecular weight excluding hydrogens is 246 g/mol. The number of ketones is 1. The van der Waals surface area contributed by atoms with E-state index in [1.165, 1.54) is 11.8 Å². The molecular formula is C14H15NO4. The SMILES string of the molecule is COc1ccc(N2CCC(C(C)=O)=C(O)C2=O)cc1. The molecule has 1 N–H and O–H groups in total. The molecule has 1 aliphatic heterocycles. The van der Waals surface area contributed by atoms with E-state index in [9.17, 15) is 14.7 Å². The first-order chi connectivity index (χ1) is 9.04. The summed E-state index contributed by atoms with van der Waals surface area (Å²) < 4.78 is 5.05. The number of methoxy groups -OCH3 is 1. The Kier molecular flexibility index (Phi) is 3.55.